The number of carbonyl (C=O) groups excluding carboxylic acids is 1. The van der Waals surface area contributed by atoms with Crippen LogP contribution in [0.25, 0.3) is 0 Å². The van der Waals surface area contributed by atoms with E-state index in [2.05, 4.69) is 64.0 Å². The third-order valence-electron chi connectivity index (χ3n) is 4.83. The van der Waals surface area contributed by atoms with E-state index in [0.717, 1.165) is 36.8 Å². The van der Waals surface area contributed by atoms with Crippen molar-refractivity contribution in [1.29, 1.82) is 0 Å². The summed E-state index contributed by atoms with van der Waals surface area (Å²) >= 11 is 0. The molecule has 1 atom stereocenters. The van der Waals surface area contributed by atoms with E-state index >= 15 is 0 Å². The van der Waals surface area contributed by atoms with Crippen molar-refractivity contribution in [3.8, 4) is 0 Å². The van der Waals surface area contributed by atoms with E-state index in [9.17, 15) is 4.79 Å². The third-order valence-corrected chi connectivity index (χ3v) is 4.83. The van der Waals surface area contributed by atoms with Crippen LogP contribution < -0.4 is 16.0 Å². The molecule has 2 rings (SSSR count). The summed E-state index contributed by atoms with van der Waals surface area (Å²) in [6.07, 6.45) is 0. The predicted octanol–water partition coefficient (Wildman–Crippen LogP) is 4.01. The molecule has 2 aromatic carbocycles. The lowest BCUT2D eigenvalue weighted by Crippen LogP contribution is -2.43. The van der Waals surface area contributed by atoms with Crippen LogP contribution in [0.1, 0.15) is 37.9 Å². The molecule has 164 valence electrons. The number of rotatable bonds is 9. The Morgan fingerprint density at radius 1 is 1.03 bits per heavy atom. The number of guanidine groups is 1. The Labute approximate surface area is 197 Å². The fourth-order valence-electron chi connectivity index (χ4n) is 3.36. The SMILES string of the molecule is CCN(CC)C(CNC(=NC)NCc1cccc(NC(C)=O)c1)c1ccccc1.I. The molecule has 3 N–H and O–H groups in total. The topological polar surface area (TPSA) is 68.8 Å². The summed E-state index contributed by atoms with van der Waals surface area (Å²) < 4.78 is 0. The molecule has 0 aliphatic carbocycles. The highest BCUT2D eigenvalue weighted by atomic mass is 127. The average molecular weight is 523 g/mol. The number of benzene rings is 2. The lowest BCUT2D eigenvalue weighted by molar-refractivity contribution is -0.114. The number of nitrogens with zero attached hydrogens (tertiary/aromatic N) is 2. The number of aliphatic imine (C=N–C) groups is 1. The first-order valence-electron chi connectivity index (χ1n) is 10.2. The maximum atomic E-state index is 11.2. The standard InChI is InChI=1S/C23H33N5O.HI/c1-5-28(6-2)22(20-12-8-7-9-13-20)17-26-23(24-4)25-16-19-11-10-14-21(15-19)27-18(3)29;/h7-15,22H,5-6,16-17H2,1-4H3,(H,27,29)(H2,24,25,26);1H. The average Bonchev–Trinajstić information content (AvgIpc) is 2.73. The van der Waals surface area contributed by atoms with Gasteiger partial charge in [0.25, 0.3) is 0 Å². The summed E-state index contributed by atoms with van der Waals surface area (Å²) in [5.41, 5.74) is 3.16. The molecule has 0 saturated carbocycles. The van der Waals surface area contributed by atoms with Crippen molar-refractivity contribution < 1.29 is 4.79 Å². The Morgan fingerprint density at radius 3 is 2.33 bits per heavy atom. The predicted molar refractivity (Wildman–Crippen MR) is 136 cm³/mol. The molecule has 0 aromatic heterocycles. The molecule has 0 spiro atoms. The van der Waals surface area contributed by atoms with Gasteiger partial charge < -0.3 is 16.0 Å². The Bertz CT molecular complexity index is 793. The minimum absolute atomic E-state index is 0. The van der Waals surface area contributed by atoms with Gasteiger partial charge in [-0.25, -0.2) is 0 Å². The highest BCUT2D eigenvalue weighted by molar-refractivity contribution is 14.0. The van der Waals surface area contributed by atoms with Crippen LogP contribution in [0, 0.1) is 0 Å². The fourth-order valence-corrected chi connectivity index (χ4v) is 3.36. The molecule has 0 bridgehead atoms. The number of hydrogen-bond acceptors (Lipinski definition) is 3. The molecular formula is C23H34IN5O. The second-order valence-electron chi connectivity index (χ2n) is 6.84. The molecule has 30 heavy (non-hydrogen) atoms. The second kappa shape index (κ2) is 14.0. The van der Waals surface area contributed by atoms with E-state index in [1.54, 1.807) is 7.05 Å². The minimum Gasteiger partial charge on any atom is -0.354 e. The zero-order valence-corrected chi connectivity index (χ0v) is 20.6. The summed E-state index contributed by atoms with van der Waals surface area (Å²) in [6, 6.07) is 18.6. The Balaban J connectivity index is 0.00000450. The van der Waals surface area contributed by atoms with Crippen molar-refractivity contribution in [2.24, 2.45) is 4.99 Å². The van der Waals surface area contributed by atoms with Crippen LogP contribution in [0.2, 0.25) is 0 Å². The molecule has 0 fully saturated rings. The minimum atomic E-state index is -0.0732. The zero-order chi connectivity index (χ0) is 21.1. The first-order chi connectivity index (χ1) is 14.1. The van der Waals surface area contributed by atoms with E-state index in [1.807, 2.05) is 30.3 Å². The zero-order valence-electron chi connectivity index (χ0n) is 18.3. The van der Waals surface area contributed by atoms with Crippen molar-refractivity contribution >= 4 is 41.5 Å². The largest absolute Gasteiger partial charge is 0.354 e. The van der Waals surface area contributed by atoms with Gasteiger partial charge in [-0.05, 0) is 36.3 Å². The Kier molecular flexibility index (Phi) is 12.1. The smallest absolute Gasteiger partial charge is 0.221 e. The van der Waals surface area contributed by atoms with Crippen LogP contribution in [0.15, 0.2) is 59.6 Å². The van der Waals surface area contributed by atoms with Gasteiger partial charge in [-0.3, -0.25) is 14.7 Å². The van der Waals surface area contributed by atoms with Gasteiger partial charge in [0.1, 0.15) is 0 Å². The van der Waals surface area contributed by atoms with E-state index in [1.165, 1.54) is 12.5 Å². The number of carbonyl (C=O) groups is 1. The second-order valence-corrected chi connectivity index (χ2v) is 6.84. The molecule has 1 unspecified atom stereocenters. The van der Waals surface area contributed by atoms with Crippen LogP contribution in [-0.2, 0) is 11.3 Å². The number of nitrogens with one attached hydrogen (secondary N) is 3. The molecule has 0 radical (unpaired) electrons. The highest BCUT2D eigenvalue weighted by Crippen LogP contribution is 2.19. The molecule has 0 aliphatic heterocycles. The van der Waals surface area contributed by atoms with Crippen LogP contribution in [0.4, 0.5) is 5.69 Å². The van der Waals surface area contributed by atoms with Gasteiger partial charge in [0, 0.05) is 32.7 Å². The van der Waals surface area contributed by atoms with Gasteiger partial charge in [-0.1, -0.05) is 56.3 Å². The fraction of sp³-hybridized carbons (Fsp3) is 0.391. The first-order valence-corrected chi connectivity index (χ1v) is 10.2. The number of hydrogen-bond donors (Lipinski definition) is 3. The van der Waals surface area contributed by atoms with Gasteiger partial charge in [-0.15, -0.1) is 24.0 Å². The van der Waals surface area contributed by atoms with E-state index in [4.69, 9.17) is 0 Å². The van der Waals surface area contributed by atoms with Crippen LogP contribution >= 0.6 is 24.0 Å². The van der Waals surface area contributed by atoms with Gasteiger partial charge in [-0.2, -0.15) is 0 Å². The summed E-state index contributed by atoms with van der Waals surface area (Å²) in [6.45, 7) is 9.24. The Hall–Kier alpha value is -2.13. The van der Waals surface area contributed by atoms with Crippen molar-refractivity contribution in [3.63, 3.8) is 0 Å². The van der Waals surface area contributed by atoms with Crippen molar-refractivity contribution in [1.82, 2.24) is 15.5 Å². The Morgan fingerprint density at radius 2 is 1.73 bits per heavy atom. The maximum Gasteiger partial charge on any atom is 0.221 e. The van der Waals surface area contributed by atoms with Gasteiger partial charge in [0.05, 0.1) is 6.04 Å². The molecule has 0 aliphatic rings. The van der Waals surface area contributed by atoms with Gasteiger partial charge >= 0.3 is 0 Å². The number of halogens is 1. The summed E-state index contributed by atoms with van der Waals surface area (Å²) in [4.78, 5) is 18.0. The van der Waals surface area contributed by atoms with Gasteiger partial charge in [0.2, 0.25) is 5.91 Å². The normalized spacial score (nSPS) is 12.1. The number of amides is 1. The quantitative estimate of drug-likeness (QED) is 0.264. The van der Waals surface area contributed by atoms with Crippen molar-refractivity contribution in [2.45, 2.75) is 33.4 Å². The monoisotopic (exact) mass is 523 g/mol. The van der Waals surface area contributed by atoms with Crippen molar-refractivity contribution in [3.05, 3.63) is 65.7 Å². The van der Waals surface area contributed by atoms with Crippen molar-refractivity contribution in [2.75, 3.05) is 32.0 Å². The summed E-state index contributed by atoms with van der Waals surface area (Å²) in [5.74, 6) is 0.680. The lowest BCUT2D eigenvalue weighted by atomic mass is 10.1. The van der Waals surface area contributed by atoms with Gasteiger partial charge in [0.15, 0.2) is 5.96 Å². The number of likely N-dealkylation sites (N-methyl/N-ethyl adjacent to an activating group) is 1. The molecule has 7 heteroatoms. The third kappa shape index (κ3) is 8.31. The summed E-state index contributed by atoms with van der Waals surface area (Å²) in [7, 11) is 1.78. The first kappa shape index (κ1) is 25.9. The molecule has 0 heterocycles. The van der Waals surface area contributed by atoms with E-state index in [-0.39, 0.29) is 35.9 Å². The maximum absolute atomic E-state index is 11.2. The van der Waals surface area contributed by atoms with E-state index in [0.29, 0.717) is 6.54 Å². The highest BCUT2D eigenvalue weighted by Gasteiger charge is 2.18. The van der Waals surface area contributed by atoms with Crippen LogP contribution in [0.3, 0.4) is 0 Å². The number of anilines is 1. The molecular weight excluding hydrogens is 489 g/mol. The summed E-state index contributed by atoms with van der Waals surface area (Å²) in [5, 5.41) is 9.63. The molecule has 6 nitrogen and oxygen atoms in total. The van der Waals surface area contributed by atoms with Crippen LogP contribution in [-0.4, -0.2) is 43.4 Å². The molecule has 2 aromatic rings. The lowest BCUT2D eigenvalue weighted by Gasteiger charge is -2.30. The van der Waals surface area contributed by atoms with E-state index < -0.39 is 0 Å². The molecule has 0 saturated heterocycles. The van der Waals surface area contributed by atoms with Crippen LogP contribution in [0.5, 0.6) is 0 Å². The molecule has 1 amide bonds.